The number of anilines is 1. The average Bonchev–Trinajstić information content (AvgIpc) is 2.29. The minimum atomic E-state index is -0.197. The summed E-state index contributed by atoms with van der Waals surface area (Å²) in [4.78, 5) is 2.37. The smallest absolute Gasteiger partial charge is 0.124 e. The van der Waals surface area contributed by atoms with Crippen LogP contribution in [-0.2, 0) is 0 Å². The fourth-order valence-electron chi connectivity index (χ4n) is 2.33. The van der Waals surface area contributed by atoms with Gasteiger partial charge in [-0.2, -0.15) is 0 Å². The molecule has 1 aliphatic heterocycles. The normalized spacial score (nSPS) is 21.0. The summed E-state index contributed by atoms with van der Waals surface area (Å²) < 4.78 is 13.9. The second-order valence-electron chi connectivity index (χ2n) is 4.80. The lowest BCUT2D eigenvalue weighted by molar-refractivity contribution is 0.390. The molecule has 1 atom stereocenters. The van der Waals surface area contributed by atoms with Gasteiger partial charge in [0, 0.05) is 30.1 Å². The molecule has 1 fully saturated rings. The van der Waals surface area contributed by atoms with Crippen LogP contribution in [-0.4, -0.2) is 25.7 Å². The van der Waals surface area contributed by atoms with E-state index in [9.17, 15) is 4.39 Å². The first-order chi connectivity index (χ1) is 8.09. The first kappa shape index (κ1) is 12.8. The molecule has 0 spiro atoms. The molecule has 4 heteroatoms. The zero-order valence-corrected chi connectivity index (χ0v) is 11.8. The fourth-order valence-corrected chi connectivity index (χ4v) is 2.91. The van der Waals surface area contributed by atoms with Gasteiger partial charge in [-0.05, 0) is 40.0 Å². The Hall–Kier alpha value is -0.610. The van der Waals surface area contributed by atoms with Crippen molar-refractivity contribution in [2.45, 2.75) is 19.9 Å². The highest BCUT2D eigenvalue weighted by Crippen LogP contribution is 2.30. The zero-order valence-electron chi connectivity index (χ0n) is 10.2. The van der Waals surface area contributed by atoms with E-state index >= 15 is 0 Å². The lowest BCUT2D eigenvalue weighted by Gasteiger charge is -2.40. The van der Waals surface area contributed by atoms with E-state index in [1.807, 2.05) is 6.07 Å². The molecule has 1 aromatic rings. The Labute approximate surface area is 110 Å². The van der Waals surface area contributed by atoms with Crippen molar-refractivity contribution in [3.63, 3.8) is 0 Å². The molecule has 2 rings (SSSR count). The molecule has 0 aliphatic carbocycles. The van der Waals surface area contributed by atoms with Crippen LogP contribution in [0.3, 0.4) is 0 Å². The summed E-state index contributed by atoms with van der Waals surface area (Å²) in [6, 6.07) is 5.39. The lowest BCUT2D eigenvalue weighted by atomic mass is 10.00. The number of nitrogens with zero attached hydrogens (tertiary/aromatic N) is 1. The maximum atomic E-state index is 13.1. The van der Waals surface area contributed by atoms with Crippen molar-refractivity contribution in [1.82, 2.24) is 5.32 Å². The van der Waals surface area contributed by atoms with Crippen molar-refractivity contribution in [2.75, 3.05) is 24.5 Å². The van der Waals surface area contributed by atoms with Crippen molar-refractivity contribution >= 4 is 21.6 Å². The highest BCUT2D eigenvalue weighted by Gasteiger charge is 2.26. The quantitative estimate of drug-likeness (QED) is 0.903. The van der Waals surface area contributed by atoms with Crippen LogP contribution in [0.15, 0.2) is 22.7 Å². The van der Waals surface area contributed by atoms with E-state index in [2.05, 4.69) is 40.0 Å². The van der Waals surface area contributed by atoms with E-state index < -0.39 is 0 Å². The molecule has 1 heterocycles. The Balaban J connectivity index is 2.29. The van der Waals surface area contributed by atoms with Crippen LogP contribution in [0.5, 0.6) is 0 Å². The first-order valence-corrected chi connectivity index (χ1v) is 6.81. The van der Waals surface area contributed by atoms with Crippen molar-refractivity contribution < 1.29 is 4.39 Å². The standard InChI is InChI=1S/C13H18BrFN2/c1-9(2)13-8-16-5-6-17(13)12-4-3-10(15)7-11(12)14/h3-4,7,9,13,16H,5-6,8H2,1-2H3. The van der Waals surface area contributed by atoms with Gasteiger partial charge in [-0.25, -0.2) is 4.39 Å². The second-order valence-corrected chi connectivity index (χ2v) is 5.66. The SMILES string of the molecule is CC(C)C1CNCCN1c1ccc(F)cc1Br. The maximum Gasteiger partial charge on any atom is 0.124 e. The molecule has 1 unspecified atom stereocenters. The summed E-state index contributed by atoms with van der Waals surface area (Å²) in [6.45, 7) is 7.38. The number of hydrogen-bond donors (Lipinski definition) is 1. The molecule has 0 radical (unpaired) electrons. The van der Waals surface area contributed by atoms with Crippen LogP contribution in [0, 0.1) is 11.7 Å². The number of nitrogens with one attached hydrogen (secondary N) is 1. The zero-order chi connectivity index (χ0) is 12.4. The summed E-state index contributed by atoms with van der Waals surface area (Å²) in [5.74, 6) is 0.372. The molecule has 0 saturated carbocycles. The molecular formula is C13H18BrFN2. The van der Waals surface area contributed by atoms with Crippen LogP contribution in [0.4, 0.5) is 10.1 Å². The lowest BCUT2D eigenvalue weighted by Crippen LogP contribution is -2.53. The predicted octanol–water partition coefficient (Wildman–Crippen LogP) is 3.02. The number of hydrogen-bond acceptors (Lipinski definition) is 2. The summed E-state index contributed by atoms with van der Waals surface area (Å²) in [7, 11) is 0. The minimum absolute atomic E-state index is 0.197. The molecule has 2 nitrogen and oxygen atoms in total. The van der Waals surface area contributed by atoms with Crippen LogP contribution in [0.25, 0.3) is 0 Å². The van der Waals surface area contributed by atoms with Gasteiger partial charge in [-0.3, -0.25) is 0 Å². The van der Waals surface area contributed by atoms with Gasteiger partial charge in [0.2, 0.25) is 0 Å². The van der Waals surface area contributed by atoms with E-state index in [1.54, 1.807) is 0 Å². The van der Waals surface area contributed by atoms with Gasteiger partial charge in [0.15, 0.2) is 0 Å². The van der Waals surface area contributed by atoms with E-state index in [4.69, 9.17) is 0 Å². The van der Waals surface area contributed by atoms with Gasteiger partial charge in [0.05, 0.1) is 5.69 Å². The van der Waals surface area contributed by atoms with Crippen LogP contribution >= 0.6 is 15.9 Å². The Morgan fingerprint density at radius 3 is 2.88 bits per heavy atom. The molecular weight excluding hydrogens is 283 g/mol. The Kier molecular flexibility index (Phi) is 4.05. The van der Waals surface area contributed by atoms with E-state index in [1.165, 1.54) is 12.1 Å². The average molecular weight is 301 g/mol. The Bertz CT molecular complexity index is 395. The number of halogens is 2. The molecule has 94 valence electrons. The summed E-state index contributed by atoms with van der Waals surface area (Å²) in [5.41, 5.74) is 1.09. The second kappa shape index (κ2) is 5.36. The van der Waals surface area contributed by atoms with Gasteiger partial charge in [0.25, 0.3) is 0 Å². The summed E-state index contributed by atoms with van der Waals surface area (Å²) in [5, 5.41) is 3.42. The highest BCUT2D eigenvalue weighted by atomic mass is 79.9. The monoisotopic (exact) mass is 300 g/mol. The predicted molar refractivity (Wildman–Crippen MR) is 72.9 cm³/mol. The van der Waals surface area contributed by atoms with Crippen LogP contribution in [0.1, 0.15) is 13.8 Å². The van der Waals surface area contributed by atoms with Crippen molar-refractivity contribution in [2.24, 2.45) is 5.92 Å². The number of piperazine rings is 1. The minimum Gasteiger partial charge on any atom is -0.365 e. The van der Waals surface area contributed by atoms with Crippen molar-refractivity contribution in [1.29, 1.82) is 0 Å². The topological polar surface area (TPSA) is 15.3 Å². The third kappa shape index (κ3) is 2.80. The Morgan fingerprint density at radius 2 is 2.24 bits per heavy atom. The van der Waals surface area contributed by atoms with Gasteiger partial charge in [-0.15, -0.1) is 0 Å². The first-order valence-electron chi connectivity index (χ1n) is 6.02. The number of benzene rings is 1. The third-order valence-corrected chi connectivity index (χ3v) is 3.91. The van der Waals surface area contributed by atoms with Gasteiger partial charge in [0.1, 0.15) is 5.82 Å². The van der Waals surface area contributed by atoms with Crippen molar-refractivity contribution in [3.05, 3.63) is 28.5 Å². The van der Waals surface area contributed by atoms with Crippen molar-refractivity contribution in [3.8, 4) is 0 Å². The fraction of sp³-hybridized carbons (Fsp3) is 0.538. The molecule has 0 aromatic heterocycles. The van der Waals surface area contributed by atoms with Gasteiger partial charge in [-0.1, -0.05) is 13.8 Å². The maximum absolute atomic E-state index is 13.1. The van der Waals surface area contributed by atoms with E-state index in [0.29, 0.717) is 12.0 Å². The summed E-state index contributed by atoms with van der Waals surface area (Å²) in [6.07, 6.45) is 0. The molecule has 0 amide bonds. The van der Waals surface area contributed by atoms with Crippen LogP contribution < -0.4 is 10.2 Å². The molecule has 17 heavy (non-hydrogen) atoms. The molecule has 1 saturated heterocycles. The molecule has 1 N–H and O–H groups in total. The third-order valence-electron chi connectivity index (χ3n) is 3.27. The largest absolute Gasteiger partial charge is 0.365 e. The number of rotatable bonds is 2. The molecule has 1 aliphatic rings. The highest BCUT2D eigenvalue weighted by molar-refractivity contribution is 9.10. The molecule has 0 bridgehead atoms. The van der Waals surface area contributed by atoms with E-state index in [-0.39, 0.29) is 5.82 Å². The summed E-state index contributed by atoms with van der Waals surface area (Å²) >= 11 is 3.46. The molecule has 1 aromatic carbocycles. The van der Waals surface area contributed by atoms with Crippen LogP contribution in [0.2, 0.25) is 0 Å². The van der Waals surface area contributed by atoms with E-state index in [0.717, 1.165) is 29.8 Å². The Morgan fingerprint density at radius 1 is 1.47 bits per heavy atom. The van der Waals surface area contributed by atoms with Gasteiger partial charge < -0.3 is 10.2 Å². The van der Waals surface area contributed by atoms with Gasteiger partial charge >= 0.3 is 0 Å².